The van der Waals surface area contributed by atoms with Gasteiger partial charge >= 0.3 is 11.9 Å². The molecule has 0 spiro atoms. The summed E-state index contributed by atoms with van der Waals surface area (Å²) in [6.45, 7) is -0.177. The molecular formula is C30H28N4O7. The number of nitrogen functional groups attached to an aromatic ring is 1. The van der Waals surface area contributed by atoms with E-state index >= 15 is 0 Å². The van der Waals surface area contributed by atoms with E-state index in [2.05, 4.69) is 10.6 Å². The number of hydrogen-bond acceptors (Lipinski definition) is 8. The van der Waals surface area contributed by atoms with Crippen LogP contribution in [0, 0.1) is 5.41 Å². The Balaban J connectivity index is 1.16. The van der Waals surface area contributed by atoms with E-state index in [9.17, 15) is 19.2 Å². The van der Waals surface area contributed by atoms with Crippen LogP contribution in [0.1, 0.15) is 40.3 Å². The minimum Gasteiger partial charge on any atom is -0.460 e. The Morgan fingerprint density at radius 2 is 1.54 bits per heavy atom. The van der Waals surface area contributed by atoms with E-state index in [4.69, 9.17) is 25.0 Å². The van der Waals surface area contributed by atoms with Crippen molar-refractivity contribution in [3.63, 3.8) is 0 Å². The number of amides is 2. The fourth-order valence-electron chi connectivity index (χ4n) is 3.74. The summed E-state index contributed by atoms with van der Waals surface area (Å²) >= 11 is 0. The van der Waals surface area contributed by atoms with Crippen molar-refractivity contribution in [2.45, 2.75) is 26.0 Å². The van der Waals surface area contributed by atoms with Gasteiger partial charge in [-0.15, -0.1) is 0 Å². The molecule has 5 N–H and O–H groups in total. The molecule has 0 unspecified atom stereocenters. The third kappa shape index (κ3) is 8.52. The van der Waals surface area contributed by atoms with Gasteiger partial charge in [0, 0.05) is 18.4 Å². The summed E-state index contributed by atoms with van der Waals surface area (Å²) in [5.74, 6) is -1.60. The third-order valence-electron chi connectivity index (χ3n) is 5.91. The number of furan rings is 1. The molecule has 0 radical (unpaired) electrons. The van der Waals surface area contributed by atoms with Gasteiger partial charge in [-0.3, -0.25) is 19.8 Å². The van der Waals surface area contributed by atoms with Gasteiger partial charge in [-0.25, -0.2) is 4.79 Å². The maximum absolute atomic E-state index is 12.5. The van der Waals surface area contributed by atoms with Crippen LogP contribution in [0.15, 0.2) is 83.3 Å². The Morgan fingerprint density at radius 3 is 2.29 bits per heavy atom. The first-order chi connectivity index (χ1) is 19.8. The Labute approximate surface area is 235 Å². The monoisotopic (exact) mass is 556 g/mol. The molecule has 0 saturated heterocycles. The summed E-state index contributed by atoms with van der Waals surface area (Å²) in [5, 5.41) is 14.2. The summed E-state index contributed by atoms with van der Waals surface area (Å²) in [6.07, 6.45) is -0.217. The molecule has 3 aromatic carbocycles. The van der Waals surface area contributed by atoms with Gasteiger partial charge in [0.05, 0.1) is 6.54 Å². The van der Waals surface area contributed by atoms with Gasteiger partial charge in [-0.2, -0.15) is 0 Å². The first-order valence-electron chi connectivity index (χ1n) is 12.7. The largest absolute Gasteiger partial charge is 0.460 e. The molecule has 0 bridgehead atoms. The Bertz CT molecular complexity index is 1580. The molecule has 1 heterocycles. The lowest BCUT2D eigenvalue weighted by atomic mass is 10.1. The second kappa shape index (κ2) is 13.6. The number of fused-ring (bicyclic) bond motifs is 1. The normalized spacial score (nSPS) is 10.5. The number of hydrogen-bond donors (Lipinski definition) is 4. The number of ether oxygens (including phenoxy) is 2. The molecule has 0 atom stereocenters. The van der Waals surface area contributed by atoms with Gasteiger partial charge in [0.15, 0.2) is 0 Å². The van der Waals surface area contributed by atoms with Crippen LogP contribution in [-0.4, -0.2) is 36.1 Å². The van der Waals surface area contributed by atoms with E-state index in [0.717, 1.165) is 16.3 Å². The lowest BCUT2D eigenvalue weighted by Gasteiger charge is -2.07. The van der Waals surface area contributed by atoms with Crippen LogP contribution < -0.4 is 21.1 Å². The van der Waals surface area contributed by atoms with Crippen molar-refractivity contribution in [1.29, 1.82) is 5.41 Å². The molecule has 0 aliphatic rings. The fraction of sp³-hybridized carbons (Fsp3) is 0.167. The predicted molar refractivity (Wildman–Crippen MR) is 149 cm³/mol. The van der Waals surface area contributed by atoms with Gasteiger partial charge < -0.3 is 30.3 Å². The van der Waals surface area contributed by atoms with E-state index in [-0.39, 0.29) is 44.1 Å². The Kier molecular flexibility index (Phi) is 9.45. The van der Waals surface area contributed by atoms with Crippen LogP contribution >= 0.6 is 0 Å². The molecule has 0 saturated carbocycles. The van der Waals surface area contributed by atoms with Crippen LogP contribution in [0.2, 0.25) is 0 Å². The Hall–Kier alpha value is -5.45. The molecule has 41 heavy (non-hydrogen) atoms. The van der Waals surface area contributed by atoms with Crippen molar-refractivity contribution >= 4 is 40.4 Å². The van der Waals surface area contributed by atoms with E-state index in [1.807, 2.05) is 30.3 Å². The number of carbonyl (C=O) groups is 4. The lowest BCUT2D eigenvalue weighted by Crippen LogP contribution is -2.32. The number of carbonyl (C=O) groups excluding carboxylic acids is 4. The number of amidine groups is 1. The van der Waals surface area contributed by atoms with Crippen molar-refractivity contribution in [2.24, 2.45) is 5.73 Å². The minimum atomic E-state index is -0.707. The smallest absolute Gasteiger partial charge is 0.379 e. The molecule has 1 aromatic heterocycles. The predicted octanol–water partition coefficient (Wildman–Crippen LogP) is 3.19. The summed E-state index contributed by atoms with van der Waals surface area (Å²) in [4.78, 5) is 48.4. The van der Waals surface area contributed by atoms with Gasteiger partial charge in [0.2, 0.25) is 17.6 Å². The molecule has 0 fully saturated rings. The quantitative estimate of drug-likeness (QED) is 0.0891. The molecule has 210 valence electrons. The van der Waals surface area contributed by atoms with Gasteiger partial charge in [-0.1, -0.05) is 48.5 Å². The van der Waals surface area contributed by atoms with Crippen LogP contribution in [0.5, 0.6) is 5.75 Å². The first kappa shape index (κ1) is 28.6. The maximum atomic E-state index is 12.5. The molecule has 4 rings (SSSR count). The molecular weight excluding hydrogens is 528 g/mol. The highest BCUT2D eigenvalue weighted by Gasteiger charge is 2.15. The highest BCUT2D eigenvalue weighted by Crippen LogP contribution is 2.23. The van der Waals surface area contributed by atoms with Crippen molar-refractivity contribution in [3.8, 4) is 5.75 Å². The summed E-state index contributed by atoms with van der Waals surface area (Å²) in [7, 11) is 0. The molecule has 0 aliphatic heterocycles. The zero-order valence-electron chi connectivity index (χ0n) is 22.0. The van der Waals surface area contributed by atoms with E-state index in [0.29, 0.717) is 17.1 Å². The second-order valence-electron chi connectivity index (χ2n) is 8.99. The average molecular weight is 557 g/mol. The highest BCUT2D eigenvalue weighted by atomic mass is 16.5. The molecule has 11 nitrogen and oxygen atoms in total. The van der Waals surface area contributed by atoms with Crippen molar-refractivity contribution < 1.29 is 33.1 Å². The lowest BCUT2D eigenvalue weighted by molar-refractivity contribution is -0.145. The topological polar surface area (TPSA) is 174 Å². The number of esters is 2. The van der Waals surface area contributed by atoms with Crippen LogP contribution in [0.3, 0.4) is 0 Å². The molecule has 2 amide bonds. The van der Waals surface area contributed by atoms with E-state index < -0.39 is 23.8 Å². The van der Waals surface area contributed by atoms with Gasteiger partial charge in [0.25, 0.3) is 0 Å². The van der Waals surface area contributed by atoms with Crippen molar-refractivity contribution in [1.82, 2.24) is 10.6 Å². The van der Waals surface area contributed by atoms with Crippen molar-refractivity contribution in [3.05, 3.63) is 102 Å². The highest BCUT2D eigenvalue weighted by molar-refractivity contribution is 5.99. The summed E-state index contributed by atoms with van der Waals surface area (Å²) in [6, 6.07) is 22.4. The average Bonchev–Trinajstić information content (AvgIpc) is 3.46. The standard InChI is InChI=1S/C30H28N4O7/c31-29(32)22-7-6-21-15-23(9-8-20(21)14-22)41-30(38)25-11-10-24(40-25)16-33-26(35)12-13-27(36)34-17-28(37)39-18-19-4-2-1-3-5-19/h1-11,14-15H,12-13,16-18H2,(H3,31,32)(H,33,35)(H,34,36). The number of benzene rings is 3. The number of nitrogens with one attached hydrogen (secondary N) is 3. The van der Waals surface area contributed by atoms with Gasteiger partial charge in [-0.05, 0) is 46.7 Å². The Morgan fingerprint density at radius 1 is 0.829 bits per heavy atom. The fourth-order valence-corrected chi connectivity index (χ4v) is 3.74. The van der Waals surface area contributed by atoms with Crippen LogP contribution in [-0.2, 0) is 32.3 Å². The number of rotatable bonds is 12. The zero-order chi connectivity index (χ0) is 29.2. The van der Waals surface area contributed by atoms with Gasteiger partial charge in [0.1, 0.15) is 30.5 Å². The summed E-state index contributed by atoms with van der Waals surface area (Å²) in [5.41, 5.74) is 6.95. The van der Waals surface area contributed by atoms with Crippen LogP contribution in [0.4, 0.5) is 0 Å². The first-order valence-corrected chi connectivity index (χ1v) is 12.7. The SMILES string of the molecule is N=C(N)c1ccc2cc(OC(=O)c3ccc(CNC(=O)CCC(=O)NCC(=O)OCc4ccccc4)o3)ccc2c1. The molecule has 4 aromatic rings. The zero-order valence-corrected chi connectivity index (χ0v) is 22.0. The van der Waals surface area contributed by atoms with E-state index in [1.54, 1.807) is 36.4 Å². The maximum Gasteiger partial charge on any atom is 0.379 e. The number of nitrogens with two attached hydrogens (primary N) is 1. The molecule has 0 aliphatic carbocycles. The van der Waals surface area contributed by atoms with Crippen LogP contribution in [0.25, 0.3) is 10.8 Å². The van der Waals surface area contributed by atoms with E-state index in [1.165, 1.54) is 12.1 Å². The van der Waals surface area contributed by atoms with Crippen molar-refractivity contribution in [2.75, 3.05) is 6.54 Å². The second-order valence-corrected chi connectivity index (χ2v) is 8.99. The minimum absolute atomic E-state index is 0.00794. The summed E-state index contributed by atoms with van der Waals surface area (Å²) < 4.78 is 16.0. The third-order valence-corrected chi connectivity index (χ3v) is 5.91. The molecule has 11 heteroatoms.